The second-order valence-electron chi connectivity index (χ2n) is 6.98. The van der Waals surface area contributed by atoms with Crippen molar-refractivity contribution in [1.82, 2.24) is 15.5 Å². The third-order valence-electron chi connectivity index (χ3n) is 4.32. The highest BCUT2D eigenvalue weighted by Gasteiger charge is 2.19. The van der Waals surface area contributed by atoms with Crippen LogP contribution in [0.2, 0.25) is 0 Å². The third kappa shape index (κ3) is 6.20. The first-order valence-electron chi connectivity index (χ1n) is 9.54. The lowest BCUT2D eigenvalue weighted by Gasteiger charge is -2.21. The molecule has 3 aromatic rings. The van der Waals surface area contributed by atoms with Gasteiger partial charge in [0.1, 0.15) is 5.01 Å². The molecule has 1 aromatic carbocycles. The molecule has 2 aromatic heterocycles. The van der Waals surface area contributed by atoms with Gasteiger partial charge in [-0.25, -0.2) is 0 Å². The van der Waals surface area contributed by atoms with Crippen LogP contribution in [0.4, 0.5) is 5.69 Å². The number of anilines is 1. The Balaban J connectivity index is 1.46. The van der Waals surface area contributed by atoms with Gasteiger partial charge in [0.15, 0.2) is 0 Å². The molecule has 0 bridgehead atoms. The molecule has 6 nitrogen and oxygen atoms in total. The van der Waals surface area contributed by atoms with Crippen molar-refractivity contribution >= 4 is 40.2 Å². The molecule has 0 aliphatic rings. The summed E-state index contributed by atoms with van der Waals surface area (Å²) >= 11 is 2.92. The average molecular weight is 429 g/mol. The number of hydrogen-bond acceptors (Lipinski definition) is 6. The van der Waals surface area contributed by atoms with Crippen LogP contribution < -0.4 is 10.6 Å². The molecule has 0 unspecified atom stereocenters. The van der Waals surface area contributed by atoms with Crippen LogP contribution in [0.1, 0.15) is 52.4 Å². The summed E-state index contributed by atoms with van der Waals surface area (Å²) in [5.74, 6) is 0.0866. The number of benzene rings is 1. The van der Waals surface area contributed by atoms with Gasteiger partial charge in [0.2, 0.25) is 10.9 Å². The maximum Gasteiger partial charge on any atom is 0.286 e. The molecule has 0 radical (unpaired) electrons. The summed E-state index contributed by atoms with van der Waals surface area (Å²) in [7, 11) is 0. The predicted molar refractivity (Wildman–Crippen MR) is 117 cm³/mol. The van der Waals surface area contributed by atoms with E-state index in [1.807, 2.05) is 41.8 Å². The number of carbonyl (C=O) groups is 2. The lowest BCUT2D eigenvalue weighted by Crippen LogP contribution is -2.31. The first-order valence-corrected chi connectivity index (χ1v) is 11.2. The summed E-state index contributed by atoms with van der Waals surface area (Å²) in [6.45, 7) is 4.21. The van der Waals surface area contributed by atoms with Crippen molar-refractivity contribution in [2.75, 3.05) is 5.32 Å². The summed E-state index contributed by atoms with van der Waals surface area (Å²) in [6, 6.07) is 13.3. The average Bonchev–Trinajstić information content (AvgIpc) is 3.39. The van der Waals surface area contributed by atoms with E-state index in [9.17, 15) is 9.59 Å². The van der Waals surface area contributed by atoms with Crippen molar-refractivity contribution in [3.8, 4) is 0 Å². The van der Waals surface area contributed by atoms with E-state index in [4.69, 9.17) is 0 Å². The molecule has 0 aliphatic heterocycles. The molecule has 2 heterocycles. The number of thiophene rings is 1. The van der Waals surface area contributed by atoms with Gasteiger partial charge in [0.25, 0.3) is 5.91 Å². The van der Waals surface area contributed by atoms with E-state index in [1.165, 1.54) is 16.2 Å². The Morgan fingerprint density at radius 1 is 1.07 bits per heavy atom. The van der Waals surface area contributed by atoms with Crippen LogP contribution in [0.5, 0.6) is 0 Å². The minimum Gasteiger partial charge on any atom is -0.348 e. The Morgan fingerprint density at radius 3 is 2.55 bits per heavy atom. The molecule has 3 rings (SSSR count). The maximum absolute atomic E-state index is 12.4. The molecule has 0 aliphatic carbocycles. The number of aromatic nitrogens is 2. The summed E-state index contributed by atoms with van der Waals surface area (Å²) in [5.41, 5.74) is 0.719. The van der Waals surface area contributed by atoms with E-state index in [-0.39, 0.29) is 17.9 Å². The SMILES string of the molecule is CC(C)[C@H](NC(=O)CCCc1nnc(C(=O)Nc2ccccc2)s1)c1cccs1. The quantitative estimate of drug-likeness (QED) is 0.518. The molecule has 2 amide bonds. The number of carbonyl (C=O) groups excluding carboxylic acids is 2. The number of aryl methyl sites for hydroxylation is 1. The van der Waals surface area contributed by atoms with Gasteiger partial charge >= 0.3 is 0 Å². The number of nitrogens with one attached hydrogen (secondary N) is 2. The highest BCUT2D eigenvalue weighted by atomic mass is 32.1. The van der Waals surface area contributed by atoms with E-state index < -0.39 is 0 Å². The van der Waals surface area contributed by atoms with Crippen molar-refractivity contribution in [1.29, 1.82) is 0 Å². The van der Waals surface area contributed by atoms with Crippen LogP contribution in [0.3, 0.4) is 0 Å². The van der Waals surface area contributed by atoms with E-state index in [0.29, 0.717) is 30.2 Å². The molecule has 8 heteroatoms. The van der Waals surface area contributed by atoms with Crippen molar-refractivity contribution in [3.63, 3.8) is 0 Å². The van der Waals surface area contributed by atoms with E-state index in [0.717, 1.165) is 10.7 Å². The lowest BCUT2D eigenvalue weighted by atomic mass is 10.0. The largest absolute Gasteiger partial charge is 0.348 e. The van der Waals surface area contributed by atoms with Gasteiger partial charge in [0.05, 0.1) is 6.04 Å². The van der Waals surface area contributed by atoms with Crippen molar-refractivity contribution in [2.24, 2.45) is 5.92 Å². The molecule has 29 heavy (non-hydrogen) atoms. The fourth-order valence-corrected chi connectivity index (χ4v) is 4.56. The molecule has 1 atom stereocenters. The Hall–Kier alpha value is -2.58. The van der Waals surface area contributed by atoms with Gasteiger partial charge in [-0.3, -0.25) is 9.59 Å². The highest BCUT2D eigenvalue weighted by molar-refractivity contribution is 7.13. The second-order valence-corrected chi connectivity index (χ2v) is 9.02. The van der Waals surface area contributed by atoms with Crippen LogP contribution >= 0.6 is 22.7 Å². The van der Waals surface area contributed by atoms with Gasteiger partial charge in [0, 0.05) is 23.4 Å². The standard InChI is InChI=1S/C21H24N4O2S2/c1-14(2)19(16-10-7-13-28-16)23-17(26)11-6-12-18-24-25-21(29-18)20(27)22-15-8-4-3-5-9-15/h3-5,7-10,13-14,19H,6,11-12H2,1-2H3,(H,22,27)(H,23,26)/t19-/m0/s1. The molecular weight excluding hydrogens is 404 g/mol. The second kappa shape index (κ2) is 10.3. The minimum absolute atomic E-state index is 0.0312. The fourth-order valence-electron chi connectivity index (χ4n) is 2.83. The van der Waals surface area contributed by atoms with Gasteiger partial charge < -0.3 is 10.6 Å². The van der Waals surface area contributed by atoms with Crippen molar-refractivity contribution in [3.05, 3.63) is 62.7 Å². The summed E-state index contributed by atoms with van der Waals surface area (Å²) < 4.78 is 0. The smallest absolute Gasteiger partial charge is 0.286 e. The maximum atomic E-state index is 12.4. The zero-order valence-electron chi connectivity index (χ0n) is 16.4. The normalized spacial score (nSPS) is 12.0. The molecule has 152 valence electrons. The Morgan fingerprint density at radius 2 is 1.86 bits per heavy atom. The molecule has 2 N–H and O–H groups in total. The number of para-hydroxylation sites is 1. The Labute approximate surface area is 178 Å². The Kier molecular flexibility index (Phi) is 7.48. The first kappa shape index (κ1) is 21.1. The van der Waals surface area contributed by atoms with Crippen LogP contribution in [-0.2, 0) is 11.2 Å². The minimum atomic E-state index is -0.270. The fraction of sp³-hybridized carbons (Fsp3) is 0.333. The first-order chi connectivity index (χ1) is 14.0. The lowest BCUT2D eigenvalue weighted by molar-refractivity contribution is -0.122. The van der Waals surface area contributed by atoms with E-state index >= 15 is 0 Å². The van der Waals surface area contributed by atoms with Crippen LogP contribution in [0.25, 0.3) is 0 Å². The van der Waals surface area contributed by atoms with Crippen LogP contribution in [-0.4, -0.2) is 22.0 Å². The molecule has 0 spiro atoms. The molecular formula is C21H24N4O2S2. The van der Waals surface area contributed by atoms with E-state index in [1.54, 1.807) is 11.3 Å². The van der Waals surface area contributed by atoms with Crippen LogP contribution in [0, 0.1) is 5.92 Å². The topological polar surface area (TPSA) is 84.0 Å². The van der Waals surface area contributed by atoms with E-state index in [2.05, 4.69) is 40.7 Å². The highest BCUT2D eigenvalue weighted by Crippen LogP contribution is 2.26. The molecule has 0 fully saturated rings. The Bertz CT molecular complexity index is 923. The number of hydrogen-bond donors (Lipinski definition) is 2. The summed E-state index contributed by atoms with van der Waals surface area (Å²) in [6.07, 6.45) is 1.70. The number of nitrogens with zero attached hydrogens (tertiary/aromatic N) is 2. The molecule has 0 saturated carbocycles. The van der Waals surface area contributed by atoms with Crippen molar-refractivity contribution in [2.45, 2.75) is 39.2 Å². The van der Waals surface area contributed by atoms with Crippen molar-refractivity contribution < 1.29 is 9.59 Å². The zero-order valence-corrected chi connectivity index (χ0v) is 18.1. The van der Waals surface area contributed by atoms with Gasteiger partial charge in [-0.1, -0.05) is 49.4 Å². The van der Waals surface area contributed by atoms with Gasteiger partial charge in [-0.2, -0.15) is 0 Å². The number of rotatable bonds is 9. The summed E-state index contributed by atoms with van der Waals surface area (Å²) in [4.78, 5) is 25.8. The monoisotopic (exact) mass is 428 g/mol. The molecule has 0 saturated heterocycles. The number of amides is 2. The van der Waals surface area contributed by atoms with Gasteiger partial charge in [-0.15, -0.1) is 21.5 Å². The third-order valence-corrected chi connectivity index (χ3v) is 6.26. The van der Waals surface area contributed by atoms with Gasteiger partial charge in [-0.05, 0) is 35.9 Å². The van der Waals surface area contributed by atoms with Crippen LogP contribution in [0.15, 0.2) is 47.8 Å². The predicted octanol–water partition coefficient (Wildman–Crippen LogP) is 4.69. The zero-order chi connectivity index (χ0) is 20.6. The summed E-state index contributed by atoms with van der Waals surface area (Å²) in [5, 5.41) is 17.1.